The van der Waals surface area contributed by atoms with Crippen LogP contribution in [0.5, 0.6) is 0 Å². The van der Waals surface area contributed by atoms with Crippen molar-refractivity contribution in [2.75, 3.05) is 7.05 Å². The van der Waals surface area contributed by atoms with Gasteiger partial charge in [-0.3, -0.25) is 9.78 Å². The molecule has 1 amide bonds. The zero-order chi connectivity index (χ0) is 17.9. The molecule has 2 aromatic heterocycles. The molecule has 0 atom stereocenters. The van der Waals surface area contributed by atoms with Crippen molar-refractivity contribution in [1.82, 2.24) is 19.9 Å². The van der Waals surface area contributed by atoms with Gasteiger partial charge in [0.15, 0.2) is 0 Å². The molecule has 0 radical (unpaired) electrons. The first-order valence-corrected chi connectivity index (χ1v) is 8.41. The average molecular weight is 342 g/mol. The fourth-order valence-electron chi connectivity index (χ4n) is 2.93. The van der Waals surface area contributed by atoms with Crippen molar-refractivity contribution in [3.05, 3.63) is 78.3 Å². The van der Waals surface area contributed by atoms with Crippen LogP contribution < -0.4 is 0 Å². The minimum Gasteiger partial charge on any atom is -0.340 e. The van der Waals surface area contributed by atoms with Crippen molar-refractivity contribution in [3.63, 3.8) is 0 Å². The Morgan fingerprint density at radius 1 is 1.12 bits per heavy atom. The number of amides is 1. The van der Waals surface area contributed by atoms with Crippen LogP contribution in [0.1, 0.15) is 11.4 Å². The van der Waals surface area contributed by atoms with Crippen LogP contribution in [0, 0.1) is 0 Å². The molecule has 0 spiro atoms. The number of likely N-dealkylation sites (N-methyl/N-ethyl adjacent to an activating group) is 1. The SMILES string of the molecule is CN(Cc1nc2ccccc2[nH]1)C(=O)/C=C\c1cccc2cccnc12. The smallest absolute Gasteiger partial charge is 0.246 e. The third kappa shape index (κ3) is 3.19. The monoisotopic (exact) mass is 342 g/mol. The summed E-state index contributed by atoms with van der Waals surface area (Å²) in [5.74, 6) is 0.681. The van der Waals surface area contributed by atoms with Gasteiger partial charge in [0, 0.05) is 30.3 Å². The van der Waals surface area contributed by atoms with E-state index < -0.39 is 0 Å². The second-order valence-electron chi connectivity index (χ2n) is 6.15. The topological polar surface area (TPSA) is 61.9 Å². The number of carbonyl (C=O) groups excluding carboxylic acids is 1. The predicted molar refractivity (Wildman–Crippen MR) is 103 cm³/mol. The van der Waals surface area contributed by atoms with Gasteiger partial charge in [0.1, 0.15) is 5.82 Å². The first-order chi connectivity index (χ1) is 12.7. The van der Waals surface area contributed by atoms with E-state index in [1.54, 1.807) is 24.2 Å². The van der Waals surface area contributed by atoms with Crippen LogP contribution in [0.2, 0.25) is 0 Å². The van der Waals surface area contributed by atoms with Gasteiger partial charge in [-0.15, -0.1) is 0 Å². The van der Waals surface area contributed by atoms with Crippen LogP contribution in [0.4, 0.5) is 0 Å². The molecule has 26 heavy (non-hydrogen) atoms. The normalized spacial score (nSPS) is 11.4. The minimum absolute atomic E-state index is 0.0848. The lowest BCUT2D eigenvalue weighted by molar-refractivity contribution is -0.125. The lowest BCUT2D eigenvalue weighted by Crippen LogP contribution is -2.24. The number of hydrogen-bond acceptors (Lipinski definition) is 3. The molecule has 0 saturated heterocycles. The molecule has 0 bridgehead atoms. The molecular formula is C21H18N4O. The zero-order valence-corrected chi connectivity index (χ0v) is 14.4. The van der Waals surface area contributed by atoms with E-state index in [0.29, 0.717) is 6.54 Å². The second-order valence-corrected chi connectivity index (χ2v) is 6.15. The number of benzene rings is 2. The maximum absolute atomic E-state index is 12.4. The number of pyridine rings is 1. The van der Waals surface area contributed by atoms with E-state index in [0.717, 1.165) is 33.3 Å². The Hall–Kier alpha value is -3.47. The Balaban J connectivity index is 1.50. The van der Waals surface area contributed by atoms with E-state index in [9.17, 15) is 4.79 Å². The Bertz CT molecular complexity index is 1070. The third-order valence-corrected chi connectivity index (χ3v) is 4.27. The van der Waals surface area contributed by atoms with Crippen molar-refractivity contribution >= 4 is 33.9 Å². The van der Waals surface area contributed by atoms with Gasteiger partial charge in [0.25, 0.3) is 0 Å². The summed E-state index contributed by atoms with van der Waals surface area (Å²) >= 11 is 0. The van der Waals surface area contributed by atoms with Gasteiger partial charge in [0.2, 0.25) is 5.91 Å². The minimum atomic E-state index is -0.0848. The molecule has 5 nitrogen and oxygen atoms in total. The number of nitrogens with zero attached hydrogens (tertiary/aromatic N) is 3. The molecule has 2 aromatic carbocycles. The Morgan fingerprint density at radius 3 is 2.85 bits per heavy atom. The summed E-state index contributed by atoms with van der Waals surface area (Å²) < 4.78 is 0. The molecular weight excluding hydrogens is 324 g/mol. The molecule has 128 valence electrons. The molecule has 5 heteroatoms. The molecule has 0 aliphatic heterocycles. The van der Waals surface area contributed by atoms with Crippen molar-refractivity contribution in [3.8, 4) is 0 Å². The number of carbonyl (C=O) groups is 1. The molecule has 0 aliphatic carbocycles. The Morgan fingerprint density at radius 2 is 1.96 bits per heavy atom. The third-order valence-electron chi connectivity index (χ3n) is 4.27. The van der Waals surface area contributed by atoms with Crippen LogP contribution in [-0.4, -0.2) is 32.8 Å². The van der Waals surface area contributed by atoms with E-state index in [1.807, 2.05) is 60.7 Å². The Labute approximate surface area is 151 Å². The van der Waals surface area contributed by atoms with Gasteiger partial charge >= 0.3 is 0 Å². The predicted octanol–water partition coefficient (Wildman–Crippen LogP) is 3.78. The molecule has 0 fully saturated rings. The lowest BCUT2D eigenvalue weighted by atomic mass is 10.1. The number of nitrogens with one attached hydrogen (secondary N) is 1. The largest absolute Gasteiger partial charge is 0.340 e. The summed E-state index contributed by atoms with van der Waals surface area (Å²) in [5.41, 5.74) is 3.69. The number of para-hydroxylation sites is 3. The van der Waals surface area contributed by atoms with Crippen molar-refractivity contribution in [2.24, 2.45) is 0 Å². The number of H-pyrrole nitrogens is 1. The summed E-state index contributed by atoms with van der Waals surface area (Å²) in [6.07, 6.45) is 5.15. The number of rotatable bonds is 4. The summed E-state index contributed by atoms with van der Waals surface area (Å²) in [4.78, 5) is 26.2. The van der Waals surface area contributed by atoms with Crippen LogP contribution in [0.15, 0.2) is 66.9 Å². The highest BCUT2D eigenvalue weighted by Gasteiger charge is 2.09. The van der Waals surface area contributed by atoms with Crippen LogP contribution in [-0.2, 0) is 11.3 Å². The average Bonchev–Trinajstić information content (AvgIpc) is 3.08. The summed E-state index contributed by atoms with van der Waals surface area (Å²) in [6.45, 7) is 0.422. The number of fused-ring (bicyclic) bond motifs is 2. The number of hydrogen-bond donors (Lipinski definition) is 1. The van der Waals surface area contributed by atoms with E-state index in [-0.39, 0.29) is 5.91 Å². The van der Waals surface area contributed by atoms with Crippen LogP contribution in [0.3, 0.4) is 0 Å². The molecule has 0 unspecified atom stereocenters. The first-order valence-electron chi connectivity index (χ1n) is 8.41. The highest BCUT2D eigenvalue weighted by Crippen LogP contribution is 2.17. The first kappa shape index (κ1) is 16.0. The highest BCUT2D eigenvalue weighted by atomic mass is 16.2. The van der Waals surface area contributed by atoms with Gasteiger partial charge in [-0.25, -0.2) is 4.98 Å². The maximum atomic E-state index is 12.4. The molecule has 1 N–H and O–H groups in total. The maximum Gasteiger partial charge on any atom is 0.246 e. The standard InChI is InChI=1S/C21H18N4O/c1-25(14-19-23-17-9-2-3-10-18(17)24-19)20(26)12-11-16-7-4-6-15-8-5-13-22-21(15)16/h2-13H,14H2,1H3,(H,23,24)/b12-11-. The van der Waals surface area contributed by atoms with E-state index in [1.165, 1.54) is 0 Å². The Kier molecular flexibility index (Phi) is 4.19. The van der Waals surface area contributed by atoms with Crippen molar-refractivity contribution in [1.29, 1.82) is 0 Å². The fraction of sp³-hybridized carbons (Fsp3) is 0.0952. The van der Waals surface area contributed by atoms with Gasteiger partial charge in [-0.1, -0.05) is 36.4 Å². The molecule has 0 saturated carbocycles. The van der Waals surface area contributed by atoms with Gasteiger partial charge in [-0.05, 0) is 24.3 Å². The quantitative estimate of drug-likeness (QED) is 0.574. The van der Waals surface area contributed by atoms with Crippen molar-refractivity contribution < 1.29 is 4.79 Å². The van der Waals surface area contributed by atoms with E-state index in [2.05, 4.69) is 15.0 Å². The van der Waals surface area contributed by atoms with Crippen molar-refractivity contribution in [2.45, 2.75) is 6.54 Å². The molecule has 4 aromatic rings. The van der Waals surface area contributed by atoms with Gasteiger partial charge in [0.05, 0.1) is 23.1 Å². The molecule has 2 heterocycles. The fourth-order valence-corrected chi connectivity index (χ4v) is 2.93. The summed E-state index contributed by atoms with van der Waals surface area (Å²) in [5, 5.41) is 1.05. The van der Waals surface area contributed by atoms with Gasteiger partial charge in [-0.2, -0.15) is 0 Å². The van der Waals surface area contributed by atoms with E-state index >= 15 is 0 Å². The zero-order valence-electron chi connectivity index (χ0n) is 14.4. The molecule has 4 rings (SSSR count). The van der Waals surface area contributed by atoms with Crippen LogP contribution in [0.25, 0.3) is 28.0 Å². The van der Waals surface area contributed by atoms with E-state index in [4.69, 9.17) is 0 Å². The lowest BCUT2D eigenvalue weighted by Gasteiger charge is -2.13. The van der Waals surface area contributed by atoms with Gasteiger partial charge < -0.3 is 9.88 Å². The number of aromatic amines is 1. The second kappa shape index (κ2) is 6.80. The van der Waals surface area contributed by atoms with Crippen LogP contribution >= 0.6 is 0 Å². The highest BCUT2D eigenvalue weighted by molar-refractivity contribution is 5.95. The summed E-state index contributed by atoms with van der Waals surface area (Å²) in [7, 11) is 1.77. The number of aromatic nitrogens is 3. The molecule has 0 aliphatic rings. The number of imidazole rings is 1. The summed E-state index contributed by atoms with van der Waals surface area (Å²) in [6, 6.07) is 17.7.